The molecule has 340 valence electrons. The van der Waals surface area contributed by atoms with Crippen LogP contribution in [-0.2, 0) is 18.2 Å². The van der Waals surface area contributed by atoms with Crippen molar-refractivity contribution in [1.82, 2.24) is 0 Å². The van der Waals surface area contributed by atoms with Crippen molar-refractivity contribution in [1.29, 1.82) is 0 Å². The topological polar surface area (TPSA) is 134 Å². The molecule has 4 N–H and O–H groups in total. The monoisotopic (exact) mass is 841 g/mol. The summed E-state index contributed by atoms with van der Waals surface area (Å²) in [5, 5.41) is 0. The fourth-order valence-corrected chi connectivity index (χ4v) is 8.49. The largest absolute Gasteiger partial charge is 0.469 e. The molecule has 0 fully saturated rings. The van der Waals surface area contributed by atoms with Gasteiger partial charge in [0.15, 0.2) is 0 Å². The Bertz CT molecular complexity index is 834. The van der Waals surface area contributed by atoms with Crippen LogP contribution in [0.25, 0.3) is 0 Å². The molecule has 0 heterocycles. The molecular weight excluding hydrogens is 742 g/mol. The zero-order chi connectivity index (χ0) is 41.7. The second-order valence-corrected chi connectivity index (χ2v) is 19.3. The van der Waals surface area contributed by atoms with Gasteiger partial charge in [-0.2, -0.15) is 0 Å². The van der Waals surface area contributed by atoms with Crippen LogP contribution in [0.3, 0.4) is 0 Å². The number of rotatable bonds is 45. The molecule has 8 nitrogen and oxygen atoms in total. The average molecular weight is 841 g/mol. The van der Waals surface area contributed by atoms with E-state index in [1.165, 1.54) is 205 Å². The van der Waals surface area contributed by atoms with Gasteiger partial charge in [0.05, 0.1) is 12.7 Å². The van der Waals surface area contributed by atoms with Crippen molar-refractivity contribution in [2.75, 3.05) is 6.61 Å². The minimum Gasteiger partial charge on any atom is -0.303 e. The van der Waals surface area contributed by atoms with Crippen molar-refractivity contribution >= 4 is 15.6 Å². The lowest BCUT2D eigenvalue weighted by molar-refractivity contribution is 0.115. The van der Waals surface area contributed by atoms with Crippen molar-refractivity contribution in [3.05, 3.63) is 0 Å². The Balaban J connectivity index is 0. The summed E-state index contributed by atoms with van der Waals surface area (Å²) in [7, 11) is -8.64. The fourth-order valence-electron chi connectivity index (χ4n) is 7.53. The maximum Gasteiger partial charge on any atom is 0.469 e. The highest BCUT2D eigenvalue weighted by Crippen LogP contribution is 2.40. The zero-order valence-electron chi connectivity index (χ0n) is 37.6. The Hall–Kier alpha value is 0.220. The van der Waals surface area contributed by atoms with Crippen molar-refractivity contribution in [3.63, 3.8) is 0 Å². The normalized spacial score (nSPS) is 12.6. The summed E-state index contributed by atoms with van der Waals surface area (Å²) < 4.78 is 31.3. The molecule has 0 aliphatic carbocycles. The molecule has 10 heteroatoms. The smallest absolute Gasteiger partial charge is 0.303 e. The van der Waals surface area contributed by atoms with E-state index in [0.29, 0.717) is 0 Å². The van der Waals surface area contributed by atoms with Gasteiger partial charge in [-0.15, -0.1) is 0 Å². The summed E-state index contributed by atoms with van der Waals surface area (Å²) in [6, 6.07) is 0. The molecule has 0 spiro atoms. The quantitative estimate of drug-likeness (QED) is 0.0352. The predicted octanol–water partition coefficient (Wildman–Crippen LogP) is 16.6. The fraction of sp³-hybridized carbons (Fsp3) is 1.00. The standard InChI is InChI=1S/C32H67O4P.C14H31O4P/c1-3-5-7-9-11-13-15-17-19-21-23-25-27-29-31-32(36-37(33,34)35)30-28-26-24-22-20-18-16-14-12-10-8-6-4-2;1-2-3-4-5-6-7-8-9-10-11-12-13-14-18-19(15,16)17/h32H,3-31H2,1-2H3,(H2,33,34,35);2-14H2,1H3,(H2,15,16,17). The lowest BCUT2D eigenvalue weighted by Crippen LogP contribution is -2.11. The van der Waals surface area contributed by atoms with Gasteiger partial charge >= 0.3 is 15.6 Å². The first-order valence-electron chi connectivity index (χ1n) is 24.5. The van der Waals surface area contributed by atoms with Crippen LogP contribution in [0.4, 0.5) is 0 Å². The molecule has 0 radical (unpaired) electrons. The van der Waals surface area contributed by atoms with Crippen LogP contribution in [-0.4, -0.2) is 32.3 Å². The van der Waals surface area contributed by atoms with Crippen molar-refractivity contribution in [2.24, 2.45) is 0 Å². The van der Waals surface area contributed by atoms with E-state index in [4.69, 9.17) is 14.3 Å². The van der Waals surface area contributed by atoms with Crippen LogP contribution in [0.15, 0.2) is 0 Å². The van der Waals surface area contributed by atoms with Crippen molar-refractivity contribution in [2.45, 2.75) is 290 Å². The Morgan fingerprint density at radius 2 is 0.536 bits per heavy atom. The van der Waals surface area contributed by atoms with Crippen LogP contribution in [0.1, 0.15) is 284 Å². The van der Waals surface area contributed by atoms with Gasteiger partial charge in [0.1, 0.15) is 0 Å². The van der Waals surface area contributed by atoms with E-state index in [1.54, 1.807) is 0 Å². The molecule has 0 aromatic carbocycles. The molecule has 56 heavy (non-hydrogen) atoms. The molecule has 0 aromatic heterocycles. The van der Waals surface area contributed by atoms with E-state index in [9.17, 15) is 18.9 Å². The molecular formula is C46H98O8P2. The Labute approximate surface area is 349 Å². The summed E-state index contributed by atoms with van der Waals surface area (Å²) in [5.74, 6) is 0. The molecule has 1 atom stereocenters. The summed E-state index contributed by atoms with van der Waals surface area (Å²) in [4.78, 5) is 35.6. The molecule has 0 rings (SSSR count). The van der Waals surface area contributed by atoms with E-state index in [1.807, 2.05) is 0 Å². The Kier molecular flexibility index (Phi) is 48.2. The van der Waals surface area contributed by atoms with Crippen LogP contribution in [0.5, 0.6) is 0 Å². The minimum atomic E-state index is -4.40. The van der Waals surface area contributed by atoms with Crippen LogP contribution in [0, 0.1) is 0 Å². The second-order valence-electron chi connectivity index (χ2n) is 16.8. The van der Waals surface area contributed by atoms with Gasteiger partial charge in [0, 0.05) is 0 Å². The summed E-state index contributed by atoms with van der Waals surface area (Å²) in [6.07, 6.45) is 51.8. The van der Waals surface area contributed by atoms with E-state index >= 15 is 0 Å². The highest BCUT2D eigenvalue weighted by molar-refractivity contribution is 7.46. The number of hydrogen-bond donors (Lipinski definition) is 4. The van der Waals surface area contributed by atoms with E-state index in [-0.39, 0.29) is 12.7 Å². The van der Waals surface area contributed by atoms with Crippen molar-refractivity contribution < 1.29 is 37.8 Å². The number of phosphoric ester groups is 2. The molecule has 0 aliphatic rings. The maximum absolute atomic E-state index is 11.4. The molecule has 0 amide bonds. The third-order valence-corrected chi connectivity index (χ3v) is 12.1. The molecule has 1 unspecified atom stereocenters. The van der Waals surface area contributed by atoms with E-state index in [0.717, 1.165) is 57.8 Å². The van der Waals surface area contributed by atoms with Gasteiger partial charge in [-0.05, 0) is 19.3 Å². The third-order valence-electron chi connectivity index (χ3n) is 11.1. The first-order chi connectivity index (χ1) is 27.1. The SMILES string of the molecule is CCCCCCCCCCCCCCCCC(CCCCCCCCCCCCCCC)OP(=O)(O)O.CCCCCCCCCCCCCCOP(=O)(O)O. The molecule has 0 saturated heterocycles. The van der Waals surface area contributed by atoms with Crippen LogP contribution < -0.4 is 0 Å². The average Bonchev–Trinajstić information content (AvgIpc) is 3.14. The lowest BCUT2D eigenvalue weighted by Gasteiger charge is -2.18. The third kappa shape index (κ3) is 56.3. The van der Waals surface area contributed by atoms with E-state index < -0.39 is 15.6 Å². The van der Waals surface area contributed by atoms with Crippen molar-refractivity contribution in [3.8, 4) is 0 Å². The van der Waals surface area contributed by atoms with Crippen LogP contribution >= 0.6 is 15.6 Å². The highest BCUT2D eigenvalue weighted by atomic mass is 31.2. The minimum absolute atomic E-state index is 0.168. The predicted molar refractivity (Wildman–Crippen MR) is 241 cm³/mol. The molecule has 0 aromatic rings. The van der Waals surface area contributed by atoms with Gasteiger partial charge in [0.25, 0.3) is 0 Å². The lowest BCUT2D eigenvalue weighted by atomic mass is 10.0. The Morgan fingerprint density at radius 1 is 0.321 bits per heavy atom. The first-order valence-corrected chi connectivity index (χ1v) is 27.6. The zero-order valence-corrected chi connectivity index (χ0v) is 39.4. The Morgan fingerprint density at radius 3 is 0.750 bits per heavy atom. The highest BCUT2D eigenvalue weighted by Gasteiger charge is 2.21. The summed E-state index contributed by atoms with van der Waals surface area (Å²) >= 11 is 0. The first kappa shape index (κ1) is 58.3. The maximum atomic E-state index is 11.4. The summed E-state index contributed by atoms with van der Waals surface area (Å²) in [6.45, 7) is 6.95. The molecule has 0 aliphatic heterocycles. The number of hydrogen-bond acceptors (Lipinski definition) is 4. The van der Waals surface area contributed by atoms with Crippen LogP contribution in [0.2, 0.25) is 0 Å². The van der Waals surface area contributed by atoms with Gasteiger partial charge in [0.2, 0.25) is 0 Å². The molecule has 0 bridgehead atoms. The number of unbranched alkanes of at least 4 members (excludes halogenated alkanes) is 36. The number of phosphoric acid groups is 2. The van der Waals surface area contributed by atoms with Gasteiger partial charge < -0.3 is 19.6 Å². The van der Waals surface area contributed by atoms with Gasteiger partial charge in [-0.25, -0.2) is 9.13 Å². The summed E-state index contributed by atoms with van der Waals surface area (Å²) in [5.41, 5.74) is 0. The van der Waals surface area contributed by atoms with E-state index in [2.05, 4.69) is 25.3 Å². The second kappa shape index (κ2) is 46.3. The molecule has 0 saturated carbocycles. The van der Waals surface area contributed by atoms with Gasteiger partial charge in [-0.1, -0.05) is 265 Å². The van der Waals surface area contributed by atoms with Gasteiger partial charge in [-0.3, -0.25) is 9.05 Å².